The van der Waals surface area contributed by atoms with Crippen LogP contribution in [0.15, 0.2) is 54.7 Å². The van der Waals surface area contributed by atoms with Crippen molar-refractivity contribution in [2.24, 2.45) is 7.05 Å². The Hall–Kier alpha value is -3.74. The van der Waals surface area contributed by atoms with Crippen LogP contribution in [0.4, 0.5) is 5.82 Å². The van der Waals surface area contributed by atoms with Crippen molar-refractivity contribution in [3.63, 3.8) is 0 Å². The third-order valence-corrected chi connectivity index (χ3v) is 4.49. The Kier molecular flexibility index (Phi) is 4.49. The fourth-order valence-corrected chi connectivity index (χ4v) is 3.17. The quantitative estimate of drug-likeness (QED) is 0.591. The second-order valence-electron chi connectivity index (χ2n) is 6.36. The normalized spacial score (nSPS) is 10.8. The minimum absolute atomic E-state index is 0.258. The average Bonchev–Trinajstić information content (AvgIpc) is 3.02. The molecule has 28 heavy (non-hydrogen) atoms. The van der Waals surface area contributed by atoms with E-state index in [1.54, 1.807) is 36.2 Å². The maximum absolute atomic E-state index is 13.1. The number of anilines is 1. The van der Waals surface area contributed by atoms with E-state index in [-0.39, 0.29) is 5.91 Å². The van der Waals surface area contributed by atoms with Crippen molar-refractivity contribution in [3.8, 4) is 17.0 Å². The Morgan fingerprint density at radius 3 is 2.75 bits per heavy atom. The first-order valence-electron chi connectivity index (χ1n) is 8.78. The molecule has 3 aromatic heterocycles. The Morgan fingerprint density at radius 2 is 2.00 bits per heavy atom. The van der Waals surface area contributed by atoms with Gasteiger partial charge in [-0.05, 0) is 37.3 Å². The van der Waals surface area contributed by atoms with Crippen molar-refractivity contribution in [3.05, 3.63) is 66.0 Å². The van der Waals surface area contributed by atoms with Gasteiger partial charge in [-0.15, -0.1) is 0 Å². The summed E-state index contributed by atoms with van der Waals surface area (Å²) in [6.45, 7) is 1.87. The van der Waals surface area contributed by atoms with Crippen molar-refractivity contribution in [2.45, 2.75) is 6.92 Å². The molecule has 0 atom stereocenters. The van der Waals surface area contributed by atoms with Crippen LogP contribution in [0.3, 0.4) is 0 Å². The summed E-state index contributed by atoms with van der Waals surface area (Å²) < 4.78 is 7.00. The van der Waals surface area contributed by atoms with E-state index in [0.29, 0.717) is 22.7 Å². The highest BCUT2D eigenvalue weighted by Crippen LogP contribution is 2.29. The maximum atomic E-state index is 13.1. The number of aromatic nitrogens is 4. The minimum atomic E-state index is -0.258. The van der Waals surface area contributed by atoms with Gasteiger partial charge in [0.05, 0.1) is 29.4 Å². The number of fused-ring (bicyclic) bond motifs is 1. The number of amides is 1. The molecular formula is C21H19N5O2. The number of pyridine rings is 2. The number of nitrogens with zero attached hydrogens (tertiary/aromatic N) is 4. The molecule has 0 saturated heterocycles. The lowest BCUT2D eigenvalue weighted by molar-refractivity contribution is 0.102. The summed E-state index contributed by atoms with van der Waals surface area (Å²) in [5, 5.41) is 8.02. The molecule has 0 saturated carbocycles. The number of rotatable bonds is 4. The summed E-state index contributed by atoms with van der Waals surface area (Å²) in [6.07, 6.45) is 1.63. The molecule has 4 rings (SSSR count). The van der Waals surface area contributed by atoms with Crippen LogP contribution < -0.4 is 10.1 Å². The van der Waals surface area contributed by atoms with E-state index in [1.165, 1.54) is 0 Å². The zero-order chi connectivity index (χ0) is 19.7. The van der Waals surface area contributed by atoms with Crippen molar-refractivity contribution >= 4 is 22.8 Å². The van der Waals surface area contributed by atoms with Gasteiger partial charge < -0.3 is 10.1 Å². The topological polar surface area (TPSA) is 81.9 Å². The number of ether oxygens (including phenoxy) is 1. The van der Waals surface area contributed by atoms with Crippen LogP contribution in [0.1, 0.15) is 16.1 Å². The monoisotopic (exact) mass is 373 g/mol. The van der Waals surface area contributed by atoms with E-state index in [0.717, 1.165) is 22.4 Å². The molecule has 0 bridgehead atoms. The smallest absolute Gasteiger partial charge is 0.257 e. The van der Waals surface area contributed by atoms with Crippen LogP contribution in [0.25, 0.3) is 22.3 Å². The van der Waals surface area contributed by atoms with Crippen LogP contribution in [-0.4, -0.2) is 32.8 Å². The summed E-state index contributed by atoms with van der Waals surface area (Å²) in [5.74, 6) is 0.952. The Bertz CT molecular complexity index is 1170. The zero-order valence-corrected chi connectivity index (χ0v) is 15.8. The van der Waals surface area contributed by atoms with Crippen molar-refractivity contribution < 1.29 is 9.53 Å². The minimum Gasteiger partial charge on any atom is -0.497 e. The number of nitrogens with one attached hydrogen (secondary N) is 1. The van der Waals surface area contributed by atoms with Crippen LogP contribution in [-0.2, 0) is 7.05 Å². The number of methoxy groups -OCH3 is 1. The molecule has 0 aliphatic rings. The van der Waals surface area contributed by atoms with Crippen LogP contribution in [0.5, 0.6) is 5.75 Å². The van der Waals surface area contributed by atoms with Crippen molar-refractivity contribution in [1.29, 1.82) is 0 Å². The number of hydrogen-bond donors (Lipinski definition) is 1. The molecule has 1 amide bonds. The lowest BCUT2D eigenvalue weighted by Gasteiger charge is -2.10. The molecule has 0 fully saturated rings. The number of benzene rings is 1. The molecule has 0 spiro atoms. The van der Waals surface area contributed by atoms with Crippen LogP contribution >= 0.6 is 0 Å². The first-order chi connectivity index (χ1) is 13.6. The molecule has 1 aromatic carbocycles. The molecule has 140 valence electrons. The van der Waals surface area contributed by atoms with E-state index in [9.17, 15) is 4.79 Å². The fraction of sp³-hybridized carbons (Fsp3) is 0.143. The molecule has 4 aromatic rings. The molecule has 7 nitrogen and oxygen atoms in total. The highest BCUT2D eigenvalue weighted by atomic mass is 16.5. The predicted molar refractivity (Wildman–Crippen MR) is 107 cm³/mol. The summed E-state index contributed by atoms with van der Waals surface area (Å²) in [5.41, 5.74) is 3.41. The van der Waals surface area contributed by atoms with Gasteiger partial charge in [0.15, 0.2) is 5.65 Å². The number of carbonyl (C=O) groups excluding carboxylic acids is 1. The van der Waals surface area contributed by atoms with Gasteiger partial charge in [-0.3, -0.25) is 9.48 Å². The Morgan fingerprint density at radius 1 is 1.14 bits per heavy atom. The standard InChI is InChI=1S/C21H19N5O2/c1-13-19-16(21(27)24-18-9-4-5-10-22-18)12-17(23-20(19)26(2)25-13)14-7-6-8-15(11-14)28-3/h4-12H,1-3H3,(H,22,24,27). The molecule has 0 radical (unpaired) electrons. The van der Waals surface area contributed by atoms with Crippen molar-refractivity contribution in [1.82, 2.24) is 19.7 Å². The third-order valence-electron chi connectivity index (χ3n) is 4.49. The SMILES string of the molecule is COc1cccc(-c2cc(C(=O)Nc3ccccn3)c3c(C)nn(C)c3n2)c1. The molecule has 7 heteroatoms. The summed E-state index contributed by atoms with van der Waals surface area (Å²) in [4.78, 5) is 22.0. The molecular weight excluding hydrogens is 354 g/mol. The van der Waals surface area contributed by atoms with Gasteiger partial charge in [-0.2, -0.15) is 5.10 Å². The van der Waals surface area contributed by atoms with E-state index in [2.05, 4.69) is 15.4 Å². The van der Waals surface area contributed by atoms with Gasteiger partial charge in [-0.25, -0.2) is 9.97 Å². The summed E-state index contributed by atoms with van der Waals surface area (Å²) >= 11 is 0. The second-order valence-corrected chi connectivity index (χ2v) is 6.36. The highest BCUT2D eigenvalue weighted by Gasteiger charge is 2.19. The largest absolute Gasteiger partial charge is 0.497 e. The molecule has 1 N–H and O–H groups in total. The fourth-order valence-electron chi connectivity index (χ4n) is 3.17. The van der Waals surface area contributed by atoms with Gasteiger partial charge in [0.25, 0.3) is 5.91 Å². The van der Waals surface area contributed by atoms with Crippen LogP contribution in [0.2, 0.25) is 0 Å². The van der Waals surface area contributed by atoms with E-state index in [1.807, 2.05) is 44.3 Å². The van der Waals surface area contributed by atoms with Crippen LogP contribution in [0, 0.1) is 6.92 Å². The summed E-state index contributed by atoms with van der Waals surface area (Å²) in [6, 6.07) is 14.7. The Labute approximate surface area is 162 Å². The zero-order valence-electron chi connectivity index (χ0n) is 15.8. The predicted octanol–water partition coefficient (Wildman–Crippen LogP) is 3.60. The number of carbonyl (C=O) groups is 1. The first-order valence-corrected chi connectivity index (χ1v) is 8.78. The number of hydrogen-bond acceptors (Lipinski definition) is 5. The highest BCUT2D eigenvalue weighted by molar-refractivity contribution is 6.13. The molecule has 0 aliphatic carbocycles. The van der Waals surface area contributed by atoms with Gasteiger partial charge in [0, 0.05) is 18.8 Å². The van der Waals surface area contributed by atoms with Gasteiger partial charge in [-0.1, -0.05) is 18.2 Å². The van der Waals surface area contributed by atoms with E-state index < -0.39 is 0 Å². The van der Waals surface area contributed by atoms with Gasteiger partial charge >= 0.3 is 0 Å². The number of aryl methyl sites for hydroxylation is 2. The third kappa shape index (κ3) is 3.18. The first kappa shape index (κ1) is 17.7. The van der Waals surface area contributed by atoms with Crippen molar-refractivity contribution in [2.75, 3.05) is 12.4 Å². The van der Waals surface area contributed by atoms with E-state index >= 15 is 0 Å². The lowest BCUT2D eigenvalue weighted by atomic mass is 10.0. The molecule has 0 aliphatic heterocycles. The molecule has 3 heterocycles. The van der Waals surface area contributed by atoms with Gasteiger partial charge in [0.1, 0.15) is 11.6 Å². The average molecular weight is 373 g/mol. The second kappa shape index (κ2) is 7.11. The maximum Gasteiger partial charge on any atom is 0.257 e. The summed E-state index contributed by atoms with van der Waals surface area (Å²) in [7, 11) is 3.43. The van der Waals surface area contributed by atoms with E-state index in [4.69, 9.17) is 9.72 Å². The lowest BCUT2D eigenvalue weighted by Crippen LogP contribution is -2.14. The Balaban J connectivity index is 1.87. The van der Waals surface area contributed by atoms with Gasteiger partial charge in [0.2, 0.25) is 0 Å². The molecule has 0 unspecified atom stereocenters.